The third-order valence-electron chi connectivity index (χ3n) is 11.9. The number of hydrogen-bond acceptors (Lipinski definition) is 4. The lowest BCUT2D eigenvalue weighted by molar-refractivity contribution is -0.909. The number of rotatable bonds is 14. The molecule has 6 aromatic rings. The molecule has 6 nitrogen and oxygen atoms in total. The molecule has 57 heavy (non-hydrogen) atoms. The fourth-order valence-electron chi connectivity index (χ4n) is 8.51. The first-order chi connectivity index (χ1) is 27.6. The first-order valence-corrected chi connectivity index (χ1v) is 22.1. The van der Waals surface area contributed by atoms with Gasteiger partial charge in [-0.1, -0.05) is 83.3 Å². The van der Waals surface area contributed by atoms with Gasteiger partial charge in [0.25, 0.3) is 10.0 Å². The summed E-state index contributed by atoms with van der Waals surface area (Å²) in [5.74, 6) is 0. The van der Waals surface area contributed by atoms with Crippen molar-refractivity contribution >= 4 is 77.8 Å². The minimum Gasteiger partial charge on any atom is -0.347 e. The Morgan fingerprint density at radius 1 is 0.509 bits per heavy atom. The third-order valence-corrected chi connectivity index (χ3v) is 14.2. The van der Waals surface area contributed by atoms with Crippen LogP contribution >= 0.6 is 22.7 Å². The molecule has 0 N–H and O–H groups in total. The lowest BCUT2D eigenvalue weighted by Gasteiger charge is -2.35. The third kappa shape index (κ3) is 8.70. The summed E-state index contributed by atoms with van der Waals surface area (Å²) in [6.07, 6.45) is 17.4. The Labute approximate surface area is 347 Å². The van der Waals surface area contributed by atoms with Gasteiger partial charge in [-0.2, -0.15) is 9.13 Å². The summed E-state index contributed by atoms with van der Waals surface area (Å²) < 4.78 is 9.37. The Morgan fingerprint density at radius 2 is 0.895 bits per heavy atom. The number of fused-ring (bicyclic) bond motifs is 4. The van der Waals surface area contributed by atoms with Crippen molar-refractivity contribution in [3.05, 3.63) is 143 Å². The minimum absolute atomic E-state index is 1.02. The van der Waals surface area contributed by atoms with Crippen LogP contribution in [0.3, 0.4) is 0 Å². The fourth-order valence-corrected chi connectivity index (χ4v) is 10.7. The van der Waals surface area contributed by atoms with Crippen molar-refractivity contribution in [1.82, 2.24) is 0 Å². The number of benzene rings is 4. The number of anilines is 2. The standard InChI is InChI=1S/C49H58N6S2/c1-50-44-22-11-13-24-46(44)56-48(50)36-38-26-30-52(42-20-9-7-18-40(38)42)28-15-32-54(3,4)34-17-35-55(5,6)33-16-29-53-31-27-39(41-19-8-10-21-43(41)53)37-49-51(2)45-23-12-14-25-47(45)57-49/h7-14,18-27,30-31,36-37H,15-17,28-29,32-35H2,1-6H3/q+4. The van der Waals surface area contributed by atoms with Gasteiger partial charge in [0.1, 0.15) is 23.5 Å². The van der Waals surface area contributed by atoms with Gasteiger partial charge < -0.3 is 18.8 Å². The van der Waals surface area contributed by atoms with Gasteiger partial charge in [-0.15, -0.1) is 0 Å². The van der Waals surface area contributed by atoms with E-state index >= 15 is 0 Å². The number of aromatic nitrogens is 2. The van der Waals surface area contributed by atoms with Crippen molar-refractivity contribution in [3.8, 4) is 0 Å². The first kappa shape index (κ1) is 39.0. The van der Waals surface area contributed by atoms with Crippen molar-refractivity contribution in [2.75, 3.05) is 77.3 Å². The van der Waals surface area contributed by atoms with Crippen LogP contribution in [0.2, 0.25) is 0 Å². The van der Waals surface area contributed by atoms with Crippen LogP contribution < -0.4 is 18.9 Å². The van der Waals surface area contributed by atoms with E-state index in [1.165, 1.54) is 96.7 Å². The Balaban J connectivity index is 0.812. The topological polar surface area (TPSA) is 14.2 Å². The Kier molecular flexibility index (Phi) is 11.3. The van der Waals surface area contributed by atoms with Crippen molar-refractivity contribution in [3.63, 3.8) is 0 Å². The maximum absolute atomic E-state index is 2.45. The summed E-state index contributed by atoms with van der Waals surface area (Å²) in [7, 11) is 14.0. The molecule has 0 spiro atoms. The molecule has 0 unspecified atom stereocenters. The van der Waals surface area contributed by atoms with Crippen LogP contribution in [0.25, 0.3) is 43.7 Å². The molecular formula is C49H58N6S2+4. The van der Waals surface area contributed by atoms with Crippen LogP contribution in [0.1, 0.15) is 40.4 Å². The molecule has 0 amide bonds. The summed E-state index contributed by atoms with van der Waals surface area (Å²) in [6.45, 7) is 6.77. The first-order valence-electron chi connectivity index (χ1n) is 20.5. The van der Waals surface area contributed by atoms with E-state index in [4.69, 9.17) is 0 Å². The molecule has 0 aliphatic carbocycles. The summed E-state index contributed by atoms with van der Waals surface area (Å²) in [6, 6.07) is 35.1. The molecule has 4 aromatic carbocycles. The lowest BCUT2D eigenvalue weighted by Crippen LogP contribution is -2.47. The predicted molar refractivity (Wildman–Crippen MR) is 245 cm³/mol. The van der Waals surface area contributed by atoms with Crippen molar-refractivity contribution in [2.45, 2.75) is 19.3 Å². The Hall–Kier alpha value is -4.86. The molecule has 0 bridgehead atoms. The van der Waals surface area contributed by atoms with Gasteiger partial charge in [0.2, 0.25) is 11.0 Å². The van der Waals surface area contributed by atoms with Gasteiger partial charge in [0.15, 0.2) is 0 Å². The van der Waals surface area contributed by atoms with E-state index in [2.05, 4.69) is 195 Å². The molecule has 0 atom stereocenters. The van der Waals surface area contributed by atoms with E-state index in [1.54, 1.807) is 0 Å². The van der Waals surface area contributed by atoms with Crippen LogP contribution in [0.5, 0.6) is 0 Å². The molecule has 0 saturated carbocycles. The Morgan fingerprint density at radius 3 is 1.33 bits per heavy atom. The molecule has 8 heteroatoms. The van der Waals surface area contributed by atoms with Gasteiger partial charge in [-0.25, -0.2) is 0 Å². The molecule has 0 radical (unpaired) electrons. The van der Waals surface area contributed by atoms with Crippen LogP contribution in [-0.2, 0) is 14.1 Å². The molecule has 4 heterocycles. The van der Waals surface area contributed by atoms with Gasteiger partial charge in [0.05, 0.1) is 54.4 Å². The summed E-state index contributed by atoms with van der Waals surface area (Å²) >= 11 is 3.71. The average molecular weight is 795 g/mol. The van der Waals surface area contributed by atoms with E-state index in [1.807, 2.05) is 22.7 Å². The van der Waals surface area contributed by atoms with Crippen molar-refractivity contribution in [1.29, 1.82) is 0 Å². The number of thiazole rings is 2. The highest BCUT2D eigenvalue weighted by Crippen LogP contribution is 2.36. The zero-order valence-corrected chi connectivity index (χ0v) is 36.2. The van der Waals surface area contributed by atoms with Gasteiger partial charge in [-0.3, -0.25) is 0 Å². The number of hydrogen-bond donors (Lipinski definition) is 0. The smallest absolute Gasteiger partial charge is 0.263 e. The molecule has 2 aliphatic rings. The zero-order chi connectivity index (χ0) is 39.6. The van der Waals surface area contributed by atoms with E-state index in [9.17, 15) is 0 Å². The lowest BCUT2D eigenvalue weighted by atomic mass is 9.99. The van der Waals surface area contributed by atoms with Gasteiger partial charge >= 0.3 is 0 Å². The van der Waals surface area contributed by atoms with Gasteiger partial charge in [-0.05, 0) is 47.6 Å². The second kappa shape index (κ2) is 16.5. The van der Waals surface area contributed by atoms with Crippen LogP contribution in [0, 0.1) is 0 Å². The largest absolute Gasteiger partial charge is 0.347 e. The number of nitrogens with zero attached hydrogens (tertiary/aromatic N) is 6. The SMILES string of the molecule is C[n+]1c(C=C2C=CN(CCC[N+](C)(C)CCC[N+](C)(C)CCCN3C=CC(=Cc4sc5ccccc5[n+]4C)c4ccccc43)c3ccccc32)sc2ccccc21. The van der Waals surface area contributed by atoms with Crippen molar-refractivity contribution in [2.24, 2.45) is 14.1 Å². The van der Waals surface area contributed by atoms with Gasteiger partial charge in [0, 0.05) is 91.5 Å². The van der Waals surface area contributed by atoms with Crippen LogP contribution in [-0.4, -0.2) is 76.4 Å². The summed E-state index contributed by atoms with van der Waals surface area (Å²) in [4.78, 5) is 4.91. The van der Waals surface area contributed by atoms with E-state index < -0.39 is 0 Å². The normalized spacial score (nSPS) is 15.7. The molecular weight excluding hydrogens is 737 g/mol. The maximum Gasteiger partial charge on any atom is 0.263 e. The molecule has 2 aliphatic heterocycles. The Bertz CT molecular complexity index is 2340. The number of para-hydroxylation sites is 4. The highest BCUT2D eigenvalue weighted by atomic mass is 32.1. The highest BCUT2D eigenvalue weighted by Gasteiger charge is 2.24. The van der Waals surface area contributed by atoms with Crippen LogP contribution in [0.15, 0.2) is 122 Å². The van der Waals surface area contributed by atoms with E-state index in [0.717, 1.165) is 34.9 Å². The number of quaternary nitrogens is 2. The monoisotopic (exact) mass is 794 g/mol. The van der Waals surface area contributed by atoms with Crippen molar-refractivity contribution < 1.29 is 18.1 Å². The van der Waals surface area contributed by atoms with Crippen LogP contribution in [0.4, 0.5) is 11.4 Å². The molecule has 2 aromatic heterocycles. The minimum atomic E-state index is 1.02. The highest BCUT2D eigenvalue weighted by molar-refractivity contribution is 7.19. The molecule has 292 valence electrons. The average Bonchev–Trinajstić information content (AvgIpc) is 3.70. The summed E-state index contributed by atoms with van der Waals surface area (Å²) in [5, 5.41) is 2.54. The summed E-state index contributed by atoms with van der Waals surface area (Å²) in [5.41, 5.74) is 10.4. The van der Waals surface area contributed by atoms with E-state index in [-0.39, 0.29) is 0 Å². The molecule has 0 fully saturated rings. The van der Waals surface area contributed by atoms with E-state index in [0.29, 0.717) is 0 Å². The maximum atomic E-state index is 2.45. The number of aryl methyl sites for hydroxylation is 2. The number of allylic oxidation sites excluding steroid dienone is 4. The molecule has 0 saturated heterocycles. The zero-order valence-electron chi connectivity index (χ0n) is 34.6. The fraction of sp³-hybridized carbons (Fsp3) is 0.306. The molecule has 8 rings (SSSR count). The second-order valence-electron chi connectivity index (χ2n) is 17.0. The predicted octanol–water partition coefficient (Wildman–Crippen LogP) is 9.54. The quantitative estimate of drug-likeness (QED) is 0.0806. The second-order valence-corrected chi connectivity index (χ2v) is 19.1.